The Kier molecular flexibility index (Phi) is 8.74. The van der Waals surface area contributed by atoms with Crippen molar-refractivity contribution in [3.05, 3.63) is 73.1 Å². The van der Waals surface area contributed by atoms with Gasteiger partial charge >= 0.3 is 0 Å². The monoisotopic (exact) mass is 658 g/mol. The van der Waals surface area contributed by atoms with Gasteiger partial charge in [0.2, 0.25) is 5.91 Å². The molecule has 0 spiro atoms. The Morgan fingerprint density at radius 3 is 2.63 bits per heavy atom. The van der Waals surface area contributed by atoms with Crippen molar-refractivity contribution in [1.82, 2.24) is 35.0 Å². The van der Waals surface area contributed by atoms with Crippen LogP contribution in [0.4, 0.5) is 10.1 Å². The maximum atomic E-state index is 14.8. The third-order valence-corrected chi connectivity index (χ3v) is 9.79. The first-order valence-corrected chi connectivity index (χ1v) is 17.3. The molecule has 2 aliphatic rings. The number of aromatic amines is 2. The zero-order valence-corrected chi connectivity index (χ0v) is 27.3. The van der Waals surface area contributed by atoms with Crippen LogP contribution in [-0.4, -0.2) is 67.2 Å². The molecule has 0 atom stereocenters. The molecule has 1 aliphatic carbocycles. The first-order valence-electron chi connectivity index (χ1n) is 17.3. The number of nitrogens with one attached hydrogen (secondary N) is 3. The summed E-state index contributed by atoms with van der Waals surface area (Å²) in [6.45, 7) is 3.51. The highest BCUT2D eigenvalue weighted by Gasteiger charge is 2.19. The summed E-state index contributed by atoms with van der Waals surface area (Å²) in [5.41, 5.74) is 6.60. The minimum Gasteiger partial charge on any atom is -0.492 e. The van der Waals surface area contributed by atoms with Crippen LogP contribution in [0, 0.1) is 11.7 Å². The van der Waals surface area contributed by atoms with Gasteiger partial charge < -0.3 is 15.0 Å². The number of benzene rings is 1. The van der Waals surface area contributed by atoms with Gasteiger partial charge in [0.05, 0.1) is 23.3 Å². The zero-order valence-electron chi connectivity index (χ0n) is 27.3. The van der Waals surface area contributed by atoms with E-state index >= 15 is 0 Å². The fraction of sp³-hybridized carbons (Fsp3) is 0.342. The van der Waals surface area contributed by atoms with Gasteiger partial charge in [0.1, 0.15) is 23.9 Å². The topological polar surface area (TPSA) is 125 Å². The Hall–Kier alpha value is -5.16. The number of pyridine rings is 3. The largest absolute Gasteiger partial charge is 0.492 e. The number of amides is 1. The van der Waals surface area contributed by atoms with E-state index in [9.17, 15) is 9.18 Å². The van der Waals surface area contributed by atoms with Crippen molar-refractivity contribution in [2.45, 2.75) is 51.4 Å². The Bertz CT molecular complexity index is 2110. The molecule has 10 nitrogen and oxygen atoms in total. The Balaban J connectivity index is 1.05. The van der Waals surface area contributed by atoms with E-state index in [1.165, 1.54) is 44.2 Å². The molecule has 3 N–H and O–H groups in total. The molecule has 250 valence electrons. The van der Waals surface area contributed by atoms with Gasteiger partial charge in [0.25, 0.3) is 0 Å². The number of H-pyrrole nitrogens is 2. The normalized spacial score (nSPS) is 15.7. The molecular weight excluding hydrogens is 619 g/mol. The molecule has 1 amide bonds. The second-order valence-corrected chi connectivity index (χ2v) is 13.3. The maximum absolute atomic E-state index is 14.8. The third kappa shape index (κ3) is 6.89. The van der Waals surface area contributed by atoms with Crippen molar-refractivity contribution in [3.8, 4) is 39.5 Å². The van der Waals surface area contributed by atoms with Crippen LogP contribution in [0.5, 0.6) is 5.75 Å². The summed E-state index contributed by atoms with van der Waals surface area (Å²) in [7, 11) is 0. The predicted octanol–water partition coefficient (Wildman–Crippen LogP) is 7.75. The van der Waals surface area contributed by atoms with E-state index in [1.807, 2.05) is 30.3 Å². The van der Waals surface area contributed by atoms with E-state index in [0.29, 0.717) is 53.0 Å². The fourth-order valence-corrected chi connectivity index (χ4v) is 7.29. The molecule has 1 saturated carbocycles. The number of aromatic nitrogens is 6. The lowest BCUT2D eigenvalue weighted by Gasteiger charge is -2.20. The predicted molar refractivity (Wildman–Crippen MR) is 189 cm³/mol. The number of hydrogen-bond donors (Lipinski definition) is 3. The van der Waals surface area contributed by atoms with E-state index in [0.717, 1.165) is 65.6 Å². The van der Waals surface area contributed by atoms with Crippen molar-refractivity contribution in [2.24, 2.45) is 5.92 Å². The highest BCUT2D eigenvalue weighted by Crippen LogP contribution is 2.35. The van der Waals surface area contributed by atoms with Crippen LogP contribution < -0.4 is 10.1 Å². The molecule has 1 aromatic carbocycles. The van der Waals surface area contributed by atoms with Crippen LogP contribution >= 0.6 is 0 Å². The van der Waals surface area contributed by atoms with Crippen molar-refractivity contribution < 1.29 is 13.9 Å². The van der Waals surface area contributed by atoms with Gasteiger partial charge in [-0.15, -0.1) is 0 Å². The molecule has 6 heterocycles. The summed E-state index contributed by atoms with van der Waals surface area (Å²) in [6, 6.07) is 12.6. The van der Waals surface area contributed by atoms with Crippen molar-refractivity contribution in [2.75, 3.05) is 31.6 Å². The SMILES string of the molecule is O=C(CC1CCCCC1)Nc1cncc(-c2cnc3[nH]nc(-c4cc5c(-c6cc(F)cc(OCCN7CCCC7)c6)nccc5[nH]4)c3c2)c1. The highest BCUT2D eigenvalue weighted by molar-refractivity contribution is 6.00. The maximum Gasteiger partial charge on any atom is 0.224 e. The summed E-state index contributed by atoms with van der Waals surface area (Å²) in [5, 5.41) is 12.4. The van der Waals surface area contributed by atoms with Crippen LogP contribution in [0.1, 0.15) is 51.4 Å². The number of rotatable bonds is 10. The average molecular weight is 659 g/mol. The molecule has 0 bridgehead atoms. The third-order valence-electron chi connectivity index (χ3n) is 9.79. The van der Waals surface area contributed by atoms with E-state index in [1.54, 1.807) is 24.8 Å². The summed E-state index contributed by atoms with van der Waals surface area (Å²) in [6.07, 6.45) is 15.8. The summed E-state index contributed by atoms with van der Waals surface area (Å²) < 4.78 is 20.8. The molecule has 2 fully saturated rings. The van der Waals surface area contributed by atoms with Gasteiger partial charge in [-0.1, -0.05) is 19.3 Å². The molecule has 8 rings (SSSR count). The quantitative estimate of drug-likeness (QED) is 0.137. The van der Waals surface area contributed by atoms with E-state index in [4.69, 9.17) is 4.74 Å². The lowest BCUT2D eigenvalue weighted by atomic mass is 9.87. The van der Waals surface area contributed by atoms with Crippen LogP contribution in [0.25, 0.3) is 55.7 Å². The highest BCUT2D eigenvalue weighted by atomic mass is 19.1. The molecule has 0 radical (unpaired) electrons. The molecule has 6 aromatic rings. The number of carbonyl (C=O) groups excluding carboxylic acids is 1. The Morgan fingerprint density at radius 2 is 1.76 bits per heavy atom. The molecule has 1 saturated heterocycles. The Morgan fingerprint density at radius 1 is 0.898 bits per heavy atom. The summed E-state index contributed by atoms with van der Waals surface area (Å²) in [4.78, 5) is 32.3. The smallest absolute Gasteiger partial charge is 0.224 e. The van der Waals surface area contributed by atoms with Crippen molar-refractivity contribution in [1.29, 1.82) is 0 Å². The number of ether oxygens (including phenoxy) is 1. The summed E-state index contributed by atoms with van der Waals surface area (Å²) in [5.74, 6) is 0.608. The van der Waals surface area contributed by atoms with Crippen LogP contribution in [0.3, 0.4) is 0 Å². The summed E-state index contributed by atoms with van der Waals surface area (Å²) >= 11 is 0. The number of carbonyl (C=O) groups is 1. The lowest BCUT2D eigenvalue weighted by molar-refractivity contribution is -0.117. The van der Waals surface area contributed by atoms with Gasteiger partial charge in [0, 0.05) is 70.6 Å². The molecule has 49 heavy (non-hydrogen) atoms. The van der Waals surface area contributed by atoms with Crippen molar-refractivity contribution >= 4 is 33.5 Å². The number of fused-ring (bicyclic) bond motifs is 2. The molecule has 11 heteroatoms. The molecule has 5 aromatic heterocycles. The second-order valence-electron chi connectivity index (χ2n) is 13.3. The minimum atomic E-state index is -0.373. The van der Waals surface area contributed by atoms with Crippen molar-refractivity contribution in [3.63, 3.8) is 0 Å². The van der Waals surface area contributed by atoms with Gasteiger partial charge in [0.15, 0.2) is 5.65 Å². The first kappa shape index (κ1) is 31.1. The second kappa shape index (κ2) is 13.8. The van der Waals surface area contributed by atoms with E-state index in [-0.39, 0.29) is 11.7 Å². The van der Waals surface area contributed by atoms with Crippen LogP contribution in [0.2, 0.25) is 0 Å². The van der Waals surface area contributed by atoms with Gasteiger partial charge in [-0.25, -0.2) is 9.37 Å². The van der Waals surface area contributed by atoms with E-state index < -0.39 is 0 Å². The zero-order chi connectivity index (χ0) is 33.2. The van der Waals surface area contributed by atoms with Gasteiger partial charge in [-0.05, 0) is 81.1 Å². The minimum absolute atomic E-state index is 0.0312. The number of likely N-dealkylation sites (tertiary alicyclic amines) is 1. The molecule has 1 aliphatic heterocycles. The fourth-order valence-electron chi connectivity index (χ4n) is 7.29. The van der Waals surface area contributed by atoms with E-state index in [2.05, 4.69) is 40.3 Å². The Labute approximate surface area is 283 Å². The van der Waals surface area contributed by atoms with Crippen LogP contribution in [0.15, 0.2) is 67.3 Å². The first-order chi connectivity index (χ1) is 24.1. The number of hydrogen-bond acceptors (Lipinski definition) is 7. The number of nitrogens with zero attached hydrogens (tertiary/aromatic N) is 5. The number of halogens is 1. The molecular formula is C38H39FN8O2. The van der Waals surface area contributed by atoms with Gasteiger partial charge in [-0.2, -0.15) is 5.10 Å². The van der Waals surface area contributed by atoms with Gasteiger partial charge in [-0.3, -0.25) is 24.8 Å². The van der Waals surface area contributed by atoms with Crippen LogP contribution in [-0.2, 0) is 4.79 Å². The standard InChI is InChI=1S/C38H39FN8O2/c39-28-15-25(17-30(19-28)49-13-12-47-10-4-5-11-47)36-31-20-34(44-33(31)8-9-41-36)37-32-18-27(22-42-38(32)46-45-37)26-16-29(23-40-21-26)43-35(48)14-24-6-2-1-3-7-24/h8-9,15-24,44H,1-7,10-14H2,(H,43,48)(H,42,45,46). The lowest BCUT2D eigenvalue weighted by Crippen LogP contribution is -2.25. The molecule has 0 unspecified atom stereocenters. The number of anilines is 1. The average Bonchev–Trinajstić information content (AvgIpc) is 3.88.